The summed E-state index contributed by atoms with van der Waals surface area (Å²) >= 11 is 0. The van der Waals surface area contributed by atoms with E-state index in [1.807, 2.05) is 12.1 Å². The summed E-state index contributed by atoms with van der Waals surface area (Å²) in [7, 11) is -3.34. The van der Waals surface area contributed by atoms with E-state index in [9.17, 15) is 8.42 Å². The zero-order valence-electron chi connectivity index (χ0n) is 12.3. The van der Waals surface area contributed by atoms with Crippen molar-refractivity contribution in [3.05, 3.63) is 29.8 Å². The summed E-state index contributed by atoms with van der Waals surface area (Å²) < 4.78 is 26.8. The van der Waals surface area contributed by atoms with Crippen molar-refractivity contribution in [3.8, 4) is 0 Å². The second kappa shape index (κ2) is 6.70. The second-order valence-corrected chi connectivity index (χ2v) is 7.32. The lowest BCUT2D eigenvalue weighted by atomic mass is 9.99. The molecule has 0 amide bonds. The standard InChI is InChI=1S/C15H24N2O2S/c1-3-13(2)14-5-7-15(8-6-14)20(18,19)17-11-4-9-16-10-12-17/h5-8,13,16H,3-4,9-12H2,1-2H3. The van der Waals surface area contributed by atoms with Crippen LogP contribution in [0.3, 0.4) is 0 Å². The van der Waals surface area contributed by atoms with Gasteiger partial charge in [0, 0.05) is 19.6 Å². The molecule has 0 saturated carbocycles. The molecule has 1 aromatic rings. The van der Waals surface area contributed by atoms with Crippen LogP contribution in [-0.2, 0) is 10.0 Å². The lowest BCUT2D eigenvalue weighted by molar-refractivity contribution is 0.432. The van der Waals surface area contributed by atoms with Crippen LogP contribution in [0.25, 0.3) is 0 Å². The Labute approximate surface area is 122 Å². The highest BCUT2D eigenvalue weighted by atomic mass is 32.2. The van der Waals surface area contributed by atoms with E-state index in [1.165, 1.54) is 5.56 Å². The van der Waals surface area contributed by atoms with Gasteiger partial charge < -0.3 is 5.32 Å². The van der Waals surface area contributed by atoms with Gasteiger partial charge in [-0.15, -0.1) is 0 Å². The molecule has 0 bridgehead atoms. The molecule has 1 saturated heterocycles. The van der Waals surface area contributed by atoms with E-state index in [1.54, 1.807) is 16.4 Å². The van der Waals surface area contributed by atoms with Gasteiger partial charge in [-0.2, -0.15) is 4.31 Å². The second-order valence-electron chi connectivity index (χ2n) is 5.39. The number of benzene rings is 1. The van der Waals surface area contributed by atoms with Gasteiger partial charge in [0.1, 0.15) is 0 Å². The first-order chi connectivity index (χ1) is 9.55. The molecule has 20 heavy (non-hydrogen) atoms. The Morgan fingerprint density at radius 1 is 1.20 bits per heavy atom. The van der Waals surface area contributed by atoms with Gasteiger partial charge in [-0.3, -0.25) is 0 Å². The minimum absolute atomic E-state index is 0.409. The summed E-state index contributed by atoms with van der Waals surface area (Å²) in [4.78, 5) is 0.409. The fourth-order valence-corrected chi connectivity index (χ4v) is 3.89. The SMILES string of the molecule is CCC(C)c1ccc(S(=O)(=O)N2CCCNCC2)cc1. The van der Waals surface area contributed by atoms with Crippen molar-refractivity contribution >= 4 is 10.0 Å². The molecule has 1 N–H and O–H groups in total. The Balaban J connectivity index is 2.20. The predicted molar refractivity (Wildman–Crippen MR) is 81.4 cm³/mol. The van der Waals surface area contributed by atoms with Crippen LogP contribution in [0, 0.1) is 0 Å². The van der Waals surface area contributed by atoms with Crippen molar-refractivity contribution in [1.29, 1.82) is 0 Å². The zero-order chi connectivity index (χ0) is 14.6. The highest BCUT2D eigenvalue weighted by molar-refractivity contribution is 7.89. The zero-order valence-corrected chi connectivity index (χ0v) is 13.1. The molecule has 1 aliphatic rings. The fraction of sp³-hybridized carbons (Fsp3) is 0.600. The number of nitrogens with one attached hydrogen (secondary N) is 1. The van der Waals surface area contributed by atoms with E-state index < -0.39 is 10.0 Å². The van der Waals surface area contributed by atoms with Gasteiger partial charge in [-0.1, -0.05) is 26.0 Å². The monoisotopic (exact) mass is 296 g/mol. The van der Waals surface area contributed by atoms with Crippen LogP contribution < -0.4 is 5.32 Å². The first-order valence-electron chi connectivity index (χ1n) is 7.36. The lowest BCUT2D eigenvalue weighted by Crippen LogP contribution is -2.34. The van der Waals surface area contributed by atoms with E-state index >= 15 is 0 Å². The molecule has 1 fully saturated rings. The summed E-state index contributed by atoms with van der Waals surface area (Å²) in [5.41, 5.74) is 1.20. The topological polar surface area (TPSA) is 49.4 Å². The molecule has 5 heteroatoms. The van der Waals surface area contributed by atoms with E-state index in [4.69, 9.17) is 0 Å². The van der Waals surface area contributed by atoms with E-state index in [-0.39, 0.29) is 0 Å². The first kappa shape index (κ1) is 15.5. The quantitative estimate of drug-likeness (QED) is 0.926. The molecular weight excluding hydrogens is 272 g/mol. The fourth-order valence-electron chi connectivity index (χ4n) is 2.41. The van der Waals surface area contributed by atoms with Crippen LogP contribution in [-0.4, -0.2) is 38.9 Å². The van der Waals surface area contributed by atoms with Crippen LogP contribution >= 0.6 is 0 Å². The molecule has 1 atom stereocenters. The molecule has 112 valence electrons. The number of sulfonamides is 1. The summed E-state index contributed by atoms with van der Waals surface area (Å²) in [6, 6.07) is 7.37. The van der Waals surface area contributed by atoms with E-state index in [0.29, 0.717) is 23.9 Å². The van der Waals surface area contributed by atoms with Crippen LogP contribution in [0.5, 0.6) is 0 Å². The number of rotatable bonds is 4. The molecule has 0 spiro atoms. The minimum atomic E-state index is -3.34. The third-order valence-electron chi connectivity index (χ3n) is 4.00. The Bertz CT molecular complexity index is 517. The van der Waals surface area contributed by atoms with Gasteiger partial charge in [-0.05, 0) is 43.0 Å². The number of nitrogens with zero attached hydrogens (tertiary/aromatic N) is 1. The molecule has 0 aliphatic carbocycles. The normalized spacial score (nSPS) is 19.5. The van der Waals surface area contributed by atoms with Crippen molar-refractivity contribution in [2.75, 3.05) is 26.2 Å². The van der Waals surface area contributed by atoms with Crippen LogP contribution in [0.1, 0.15) is 38.2 Å². The third kappa shape index (κ3) is 3.40. The molecule has 1 heterocycles. The summed E-state index contributed by atoms with van der Waals surface area (Å²) in [5.74, 6) is 0.467. The molecule has 0 radical (unpaired) electrons. The smallest absolute Gasteiger partial charge is 0.243 e. The Morgan fingerprint density at radius 3 is 2.55 bits per heavy atom. The third-order valence-corrected chi connectivity index (χ3v) is 5.91. The summed E-state index contributed by atoms with van der Waals surface area (Å²) in [6.45, 7) is 7.06. The van der Waals surface area contributed by atoms with Gasteiger partial charge in [0.05, 0.1) is 4.90 Å². The number of hydrogen-bond acceptors (Lipinski definition) is 3. The van der Waals surface area contributed by atoms with Gasteiger partial charge in [0.2, 0.25) is 10.0 Å². The molecule has 2 rings (SSSR count). The summed E-state index contributed by atoms with van der Waals surface area (Å²) in [5, 5.41) is 3.23. The van der Waals surface area contributed by atoms with Crippen LogP contribution in [0.15, 0.2) is 29.2 Å². The minimum Gasteiger partial charge on any atom is -0.315 e. The lowest BCUT2D eigenvalue weighted by Gasteiger charge is -2.20. The van der Waals surface area contributed by atoms with Crippen molar-refractivity contribution in [3.63, 3.8) is 0 Å². The molecule has 4 nitrogen and oxygen atoms in total. The van der Waals surface area contributed by atoms with Gasteiger partial charge in [0.25, 0.3) is 0 Å². The average Bonchev–Trinajstić information content (AvgIpc) is 2.76. The van der Waals surface area contributed by atoms with Crippen LogP contribution in [0.4, 0.5) is 0 Å². The summed E-state index contributed by atoms with van der Waals surface area (Å²) in [6.07, 6.45) is 1.92. The average molecular weight is 296 g/mol. The Morgan fingerprint density at radius 2 is 1.90 bits per heavy atom. The highest BCUT2D eigenvalue weighted by Gasteiger charge is 2.24. The highest BCUT2D eigenvalue weighted by Crippen LogP contribution is 2.22. The van der Waals surface area contributed by atoms with Crippen molar-refractivity contribution in [2.24, 2.45) is 0 Å². The number of hydrogen-bond donors (Lipinski definition) is 1. The maximum atomic E-state index is 12.6. The van der Waals surface area contributed by atoms with Gasteiger partial charge in [0.15, 0.2) is 0 Å². The van der Waals surface area contributed by atoms with E-state index in [2.05, 4.69) is 19.2 Å². The maximum absolute atomic E-state index is 12.6. The van der Waals surface area contributed by atoms with E-state index in [0.717, 1.165) is 25.9 Å². The van der Waals surface area contributed by atoms with Gasteiger partial charge >= 0.3 is 0 Å². The van der Waals surface area contributed by atoms with Crippen molar-refractivity contribution < 1.29 is 8.42 Å². The Hall–Kier alpha value is -0.910. The van der Waals surface area contributed by atoms with Gasteiger partial charge in [-0.25, -0.2) is 8.42 Å². The first-order valence-corrected chi connectivity index (χ1v) is 8.80. The van der Waals surface area contributed by atoms with Crippen LogP contribution in [0.2, 0.25) is 0 Å². The maximum Gasteiger partial charge on any atom is 0.243 e. The molecule has 1 aromatic carbocycles. The van der Waals surface area contributed by atoms with Crippen molar-refractivity contribution in [2.45, 2.75) is 37.5 Å². The van der Waals surface area contributed by atoms with Crippen molar-refractivity contribution in [1.82, 2.24) is 9.62 Å². The predicted octanol–water partition coefficient (Wildman–Crippen LogP) is 2.18. The largest absolute Gasteiger partial charge is 0.315 e. The Kier molecular flexibility index (Phi) is 5.18. The molecular formula is C15H24N2O2S. The molecule has 1 aliphatic heterocycles. The molecule has 1 unspecified atom stereocenters. The molecule has 0 aromatic heterocycles.